The molecule has 7 heteroatoms. The van der Waals surface area contributed by atoms with Gasteiger partial charge in [0.05, 0.1) is 12.2 Å². The first-order valence-corrected chi connectivity index (χ1v) is 11.0. The standard InChI is InChI=1S/C19H31N3O3S/c1-4-19(21-10-9-17-7-5-6-8-18(17)14-21)11-20-26(23,24)22-12-15(2)25-16(3)13-22/h5-8,15-16,19-20H,4,9-14H2,1-3H3/t15-,16+,19-/m1/s1. The Kier molecular flexibility index (Phi) is 6.35. The monoisotopic (exact) mass is 381 g/mol. The Morgan fingerprint density at radius 3 is 2.50 bits per heavy atom. The van der Waals surface area contributed by atoms with Crippen molar-refractivity contribution < 1.29 is 13.2 Å². The van der Waals surface area contributed by atoms with Crippen LogP contribution in [0.4, 0.5) is 0 Å². The van der Waals surface area contributed by atoms with Crippen LogP contribution < -0.4 is 4.72 Å². The first-order chi connectivity index (χ1) is 12.4. The number of hydrogen-bond acceptors (Lipinski definition) is 4. The Morgan fingerprint density at radius 2 is 1.85 bits per heavy atom. The largest absolute Gasteiger partial charge is 0.373 e. The van der Waals surface area contributed by atoms with E-state index < -0.39 is 10.2 Å². The SMILES string of the molecule is CC[C@H](CNS(=O)(=O)N1C[C@@H](C)O[C@@H](C)C1)N1CCc2ccccc2C1. The molecule has 0 saturated carbocycles. The van der Waals surface area contributed by atoms with Gasteiger partial charge in [0.25, 0.3) is 10.2 Å². The van der Waals surface area contributed by atoms with Crippen molar-refractivity contribution in [2.24, 2.45) is 0 Å². The molecule has 2 heterocycles. The fourth-order valence-corrected chi connectivity index (χ4v) is 5.38. The van der Waals surface area contributed by atoms with E-state index in [4.69, 9.17) is 4.74 Å². The molecule has 1 N–H and O–H groups in total. The summed E-state index contributed by atoms with van der Waals surface area (Å²) in [4.78, 5) is 2.40. The van der Waals surface area contributed by atoms with Crippen molar-refractivity contribution in [1.29, 1.82) is 0 Å². The van der Waals surface area contributed by atoms with Crippen LogP contribution in [0.5, 0.6) is 0 Å². The van der Waals surface area contributed by atoms with E-state index in [1.807, 2.05) is 13.8 Å². The maximum absolute atomic E-state index is 12.7. The second kappa shape index (κ2) is 8.35. The second-order valence-corrected chi connectivity index (χ2v) is 9.23. The minimum Gasteiger partial charge on any atom is -0.373 e. The summed E-state index contributed by atoms with van der Waals surface area (Å²) in [6.07, 6.45) is 1.80. The Hall–Kier alpha value is -0.990. The molecule has 1 aromatic carbocycles. The molecule has 146 valence electrons. The Labute approximate surface area is 157 Å². The van der Waals surface area contributed by atoms with Crippen molar-refractivity contribution in [3.05, 3.63) is 35.4 Å². The Bertz CT molecular complexity index is 700. The number of morpholine rings is 1. The van der Waals surface area contributed by atoms with Crippen LogP contribution in [0.25, 0.3) is 0 Å². The van der Waals surface area contributed by atoms with E-state index in [-0.39, 0.29) is 18.2 Å². The molecule has 0 aliphatic carbocycles. The summed E-state index contributed by atoms with van der Waals surface area (Å²) >= 11 is 0. The fraction of sp³-hybridized carbons (Fsp3) is 0.684. The lowest BCUT2D eigenvalue weighted by Crippen LogP contribution is -2.54. The highest BCUT2D eigenvalue weighted by Gasteiger charge is 2.32. The molecule has 0 unspecified atom stereocenters. The van der Waals surface area contributed by atoms with Gasteiger partial charge in [-0.1, -0.05) is 31.2 Å². The molecule has 0 bridgehead atoms. The highest BCUT2D eigenvalue weighted by Crippen LogP contribution is 2.21. The third-order valence-electron chi connectivity index (χ3n) is 5.38. The zero-order chi connectivity index (χ0) is 18.7. The van der Waals surface area contributed by atoms with Gasteiger partial charge in [0.2, 0.25) is 0 Å². The first-order valence-electron chi connectivity index (χ1n) is 9.60. The lowest BCUT2D eigenvalue weighted by Gasteiger charge is -2.37. The quantitative estimate of drug-likeness (QED) is 0.816. The molecule has 2 aliphatic heterocycles. The van der Waals surface area contributed by atoms with Crippen molar-refractivity contribution in [3.8, 4) is 0 Å². The first kappa shape index (κ1) is 19.8. The van der Waals surface area contributed by atoms with Crippen LogP contribution in [0.15, 0.2) is 24.3 Å². The molecular formula is C19H31N3O3S. The van der Waals surface area contributed by atoms with Gasteiger partial charge in [-0.25, -0.2) is 4.72 Å². The molecule has 1 fully saturated rings. The molecule has 6 nitrogen and oxygen atoms in total. The summed E-state index contributed by atoms with van der Waals surface area (Å²) in [5, 5.41) is 0. The van der Waals surface area contributed by atoms with E-state index in [9.17, 15) is 8.42 Å². The lowest BCUT2D eigenvalue weighted by atomic mass is 9.98. The third kappa shape index (κ3) is 4.64. The van der Waals surface area contributed by atoms with Gasteiger partial charge in [-0.05, 0) is 37.8 Å². The van der Waals surface area contributed by atoms with Crippen LogP contribution in [-0.2, 0) is 27.9 Å². The van der Waals surface area contributed by atoms with Crippen LogP contribution in [0.3, 0.4) is 0 Å². The maximum atomic E-state index is 12.7. The van der Waals surface area contributed by atoms with Crippen molar-refractivity contribution in [2.75, 3.05) is 26.2 Å². The predicted molar refractivity (Wildman–Crippen MR) is 103 cm³/mol. The molecule has 2 aliphatic rings. The number of nitrogens with zero attached hydrogens (tertiary/aromatic N) is 2. The van der Waals surface area contributed by atoms with Gasteiger partial charge in [-0.2, -0.15) is 12.7 Å². The zero-order valence-electron chi connectivity index (χ0n) is 16.0. The minimum absolute atomic E-state index is 0.0732. The molecular weight excluding hydrogens is 350 g/mol. The molecule has 0 spiro atoms. The topological polar surface area (TPSA) is 61.9 Å². The summed E-state index contributed by atoms with van der Waals surface area (Å²) in [6, 6.07) is 8.73. The smallest absolute Gasteiger partial charge is 0.279 e. The van der Waals surface area contributed by atoms with Crippen LogP contribution in [-0.4, -0.2) is 62.1 Å². The molecule has 3 atom stereocenters. The predicted octanol–water partition coefficient (Wildman–Crippen LogP) is 1.77. The maximum Gasteiger partial charge on any atom is 0.279 e. The number of hydrogen-bond donors (Lipinski definition) is 1. The van der Waals surface area contributed by atoms with Gasteiger partial charge in [0.1, 0.15) is 0 Å². The second-order valence-electron chi connectivity index (χ2n) is 7.48. The number of benzene rings is 1. The number of fused-ring (bicyclic) bond motifs is 1. The molecule has 1 saturated heterocycles. The number of nitrogens with one attached hydrogen (secondary N) is 1. The lowest BCUT2D eigenvalue weighted by molar-refractivity contribution is -0.0444. The van der Waals surface area contributed by atoms with Crippen molar-refractivity contribution in [1.82, 2.24) is 13.9 Å². The molecule has 0 radical (unpaired) electrons. The van der Waals surface area contributed by atoms with E-state index in [1.54, 1.807) is 0 Å². The van der Waals surface area contributed by atoms with Crippen molar-refractivity contribution >= 4 is 10.2 Å². The number of ether oxygens (including phenoxy) is 1. The van der Waals surface area contributed by atoms with E-state index in [1.165, 1.54) is 15.4 Å². The Morgan fingerprint density at radius 1 is 1.19 bits per heavy atom. The van der Waals surface area contributed by atoms with Crippen LogP contribution in [0.2, 0.25) is 0 Å². The average molecular weight is 382 g/mol. The highest BCUT2D eigenvalue weighted by molar-refractivity contribution is 7.87. The van der Waals surface area contributed by atoms with E-state index >= 15 is 0 Å². The summed E-state index contributed by atoms with van der Waals surface area (Å²) < 4.78 is 35.4. The molecule has 3 rings (SSSR count). The van der Waals surface area contributed by atoms with Gasteiger partial charge in [0, 0.05) is 38.8 Å². The van der Waals surface area contributed by atoms with Crippen LogP contribution >= 0.6 is 0 Å². The van der Waals surface area contributed by atoms with E-state index in [0.29, 0.717) is 19.6 Å². The van der Waals surface area contributed by atoms with Gasteiger partial charge in [-0.3, -0.25) is 4.90 Å². The van der Waals surface area contributed by atoms with Crippen LogP contribution in [0, 0.1) is 0 Å². The zero-order valence-corrected chi connectivity index (χ0v) is 16.8. The number of rotatable bonds is 6. The van der Waals surface area contributed by atoms with E-state index in [0.717, 1.165) is 25.9 Å². The summed E-state index contributed by atoms with van der Waals surface area (Å²) in [6.45, 7) is 9.09. The van der Waals surface area contributed by atoms with Crippen molar-refractivity contribution in [2.45, 2.75) is 58.4 Å². The molecule has 0 aromatic heterocycles. The van der Waals surface area contributed by atoms with Gasteiger partial charge >= 0.3 is 0 Å². The Balaban J connectivity index is 1.60. The molecule has 1 aromatic rings. The molecule has 0 amide bonds. The van der Waals surface area contributed by atoms with Gasteiger partial charge in [-0.15, -0.1) is 0 Å². The summed E-state index contributed by atoms with van der Waals surface area (Å²) in [5.74, 6) is 0. The summed E-state index contributed by atoms with van der Waals surface area (Å²) in [7, 11) is -3.48. The fourth-order valence-electron chi connectivity index (χ4n) is 3.98. The van der Waals surface area contributed by atoms with Crippen LogP contribution in [0.1, 0.15) is 38.3 Å². The van der Waals surface area contributed by atoms with Gasteiger partial charge in [0.15, 0.2) is 0 Å². The minimum atomic E-state index is -3.48. The summed E-state index contributed by atoms with van der Waals surface area (Å²) in [5.41, 5.74) is 2.77. The van der Waals surface area contributed by atoms with E-state index in [2.05, 4.69) is 40.8 Å². The normalized spacial score (nSPS) is 26.4. The third-order valence-corrected chi connectivity index (χ3v) is 6.88. The average Bonchev–Trinajstić information content (AvgIpc) is 2.61. The molecule has 26 heavy (non-hydrogen) atoms. The van der Waals surface area contributed by atoms with Crippen molar-refractivity contribution in [3.63, 3.8) is 0 Å². The van der Waals surface area contributed by atoms with Gasteiger partial charge < -0.3 is 4.74 Å². The highest BCUT2D eigenvalue weighted by atomic mass is 32.2.